The van der Waals surface area contributed by atoms with E-state index in [9.17, 15) is 0 Å². The van der Waals surface area contributed by atoms with Crippen molar-refractivity contribution in [3.8, 4) is 0 Å². The van der Waals surface area contributed by atoms with E-state index < -0.39 is 0 Å². The number of nitrogens with zero attached hydrogens (tertiary/aromatic N) is 1. The molecule has 2 rings (SSSR count). The molecule has 0 aliphatic heterocycles. The largest absolute Gasteiger partial charge is 0.383 e. The highest BCUT2D eigenvalue weighted by molar-refractivity contribution is 7.11. The summed E-state index contributed by atoms with van der Waals surface area (Å²) < 4.78 is 5.22. The van der Waals surface area contributed by atoms with Crippen LogP contribution >= 0.6 is 11.3 Å². The molecule has 4 heteroatoms. The van der Waals surface area contributed by atoms with Gasteiger partial charge in [-0.2, -0.15) is 0 Å². The minimum Gasteiger partial charge on any atom is -0.383 e. The van der Waals surface area contributed by atoms with Crippen LogP contribution in [0.5, 0.6) is 0 Å². The molecule has 114 valence electrons. The van der Waals surface area contributed by atoms with Crippen LogP contribution in [0.4, 0.5) is 0 Å². The second kappa shape index (κ2) is 8.13. The van der Waals surface area contributed by atoms with Gasteiger partial charge in [-0.15, -0.1) is 11.3 Å². The Labute approximate surface area is 127 Å². The third kappa shape index (κ3) is 5.52. The second-order valence-corrected chi connectivity index (χ2v) is 7.34. The van der Waals surface area contributed by atoms with E-state index >= 15 is 0 Å². The van der Waals surface area contributed by atoms with Gasteiger partial charge in [-0.1, -0.05) is 13.8 Å². The Morgan fingerprint density at radius 1 is 1.35 bits per heavy atom. The van der Waals surface area contributed by atoms with Crippen LogP contribution in [0.15, 0.2) is 12.1 Å². The molecule has 0 radical (unpaired) electrons. The highest BCUT2D eigenvalue weighted by atomic mass is 32.1. The summed E-state index contributed by atoms with van der Waals surface area (Å²) in [6, 6.07) is 5.36. The zero-order chi connectivity index (χ0) is 14.4. The second-order valence-electron chi connectivity index (χ2n) is 6.09. The molecule has 1 saturated carbocycles. The molecule has 20 heavy (non-hydrogen) atoms. The number of rotatable bonds is 10. The molecule has 1 aromatic heterocycles. The smallest absolute Gasteiger partial charge is 0.0589 e. The van der Waals surface area contributed by atoms with Crippen LogP contribution in [0.25, 0.3) is 0 Å². The van der Waals surface area contributed by atoms with Gasteiger partial charge >= 0.3 is 0 Å². The normalized spacial score (nSPS) is 15.4. The Morgan fingerprint density at radius 2 is 2.10 bits per heavy atom. The lowest BCUT2D eigenvalue weighted by Crippen LogP contribution is -2.28. The number of ether oxygens (including phenoxy) is 1. The minimum absolute atomic E-state index is 0.717. The maximum Gasteiger partial charge on any atom is 0.0589 e. The molecular weight excluding hydrogens is 268 g/mol. The quantitative estimate of drug-likeness (QED) is 0.718. The topological polar surface area (TPSA) is 24.5 Å². The van der Waals surface area contributed by atoms with E-state index in [1.807, 2.05) is 11.3 Å². The summed E-state index contributed by atoms with van der Waals surface area (Å²) in [7, 11) is 1.79. The van der Waals surface area contributed by atoms with Gasteiger partial charge in [0.2, 0.25) is 0 Å². The molecule has 1 N–H and O–H groups in total. The van der Waals surface area contributed by atoms with Crippen molar-refractivity contribution >= 4 is 11.3 Å². The van der Waals surface area contributed by atoms with Crippen molar-refractivity contribution in [3.63, 3.8) is 0 Å². The molecule has 0 spiro atoms. The average molecular weight is 296 g/mol. The van der Waals surface area contributed by atoms with Crippen LogP contribution in [0.2, 0.25) is 0 Å². The number of hydrogen-bond acceptors (Lipinski definition) is 4. The van der Waals surface area contributed by atoms with Crippen molar-refractivity contribution in [2.24, 2.45) is 5.92 Å². The van der Waals surface area contributed by atoms with Gasteiger partial charge < -0.3 is 10.1 Å². The monoisotopic (exact) mass is 296 g/mol. The van der Waals surface area contributed by atoms with E-state index in [2.05, 4.69) is 36.2 Å². The predicted molar refractivity (Wildman–Crippen MR) is 86.2 cm³/mol. The molecule has 0 saturated heterocycles. The van der Waals surface area contributed by atoms with E-state index in [0.29, 0.717) is 5.92 Å². The van der Waals surface area contributed by atoms with Gasteiger partial charge in [0.25, 0.3) is 0 Å². The third-order valence-corrected chi connectivity index (χ3v) is 4.64. The van der Waals surface area contributed by atoms with Gasteiger partial charge in [0.1, 0.15) is 0 Å². The fourth-order valence-electron chi connectivity index (χ4n) is 2.33. The van der Waals surface area contributed by atoms with Gasteiger partial charge in [0.05, 0.1) is 6.61 Å². The Balaban J connectivity index is 1.78. The highest BCUT2D eigenvalue weighted by Crippen LogP contribution is 2.29. The third-order valence-electron chi connectivity index (χ3n) is 3.57. The summed E-state index contributed by atoms with van der Waals surface area (Å²) in [6.45, 7) is 9.57. The number of nitrogens with one attached hydrogen (secondary N) is 1. The van der Waals surface area contributed by atoms with Crippen molar-refractivity contribution < 1.29 is 4.74 Å². The van der Waals surface area contributed by atoms with E-state index in [4.69, 9.17) is 4.74 Å². The molecule has 1 heterocycles. The fourth-order valence-corrected chi connectivity index (χ4v) is 3.34. The lowest BCUT2D eigenvalue weighted by atomic mass is 10.2. The van der Waals surface area contributed by atoms with E-state index in [1.54, 1.807) is 7.11 Å². The van der Waals surface area contributed by atoms with Crippen molar-refractivity contribution in [1.29, 1.82) is 0 Å². The van der Waals surface area contributed by atoms with Crippen molar-refractivity contribution in [2.45, 2.75) is 45.8 Å². The van der Waals surface area contributed by atoms with E-state index in [-0.39, 0.29) is 0 Å². The number of hydrogen-bond donors (Lipinski definition) is 1. The van der Waals surface area contributed by atoms with Crippen molar-refractivity contribution in [1.82, 2.24) is 10.2 Å². The zero-order valence-electron chi connectivity index (χ0n) is 13.0. The minimum atomic E-state index is 0.717. The molecule has 3 nitrogen and oxygen atoms in total. The summed E-state index contributed by atoms with van der Waals surface area (Å²) in [5, 5.41) is 3.51. The fraction of sp³-hybridized carbons (Fsp3) is 0.750. The summed E-state index contributed by atoms with van der Waals surface area (Å²) in [6.07, 6.45) is 2.72. The van der Waals surface area contributed by atoms with E-state index in [0.717, 1.165) is 38.8 Å². The number of methoxy groups -OCH3 is 1. The lowest BCUT2D eigenvalue weighted by molar-refractivity contribution is 0.140. The van der Waals surface area contributed by atoms with Crippen LogP contribution in [-0.4, -0.2) is 37.7 Å². The molecule has 1 fully saturated rings. The van der Waals surface area contributed by atoms with Gasteiger partial charge in [-0.05, 0) is 37.4 Å². The molecule has 0 aromatic carbocycles. The Morgan fingerprint density at radius 3 is 2.75 bits per heavy atom. The summed E-state index contributed by atoms with van der Waals surface area (Å²) in [5.41, 5.74) is 0. The van der Waals surface area contributed by atoms with Crippen LogP contribution in [0, 0.1) is 5.92 Å². The highest BCUT2D eigenvalue weighted by Gasteiger charge is 2.28. The molecular formula is C16H28N2OS. The Hall–Kier alpha value is -0.420. The first-order chi connectivity index (χ1) is 9.69. The first kappa shape index (κ1) is 16.0. The maximum atomic E-state index is 5.22. The predicted octanol–water partition coefficient (Wildman–Crippen LogP) is 3.10. The standard InChI is InChI=1S/C16H28N2OS/c1-13(2)10-17-11-15-6-7-16(20-15)12-18(8-9-19-3)14-4-5-14/h6-7,13-14,17H,4-5,8-12H2,1-3H3. The van der Waals surface area contributed by atoms with E-state index in [1.165, 1.54) is 22.6 Å². The lowest BCUT2D eigenvalue weighted by Gasteiger charge is -2.20. The maximum absolute atomic E-state index is 5.22. The van der Waals surface area contributed by atoms with Crippen LogP contribution in [-0.2, 0) is 17.8 Å². The summed E-state index contributed by atoms with van der Waals surface area (Å²) in [4.78, 5) is 5.50. The van der Waals surface area contributed by atoms with Crippen molar-refractivity contribution in [3.05, 3.63) is 21.9 Å². The molecule has 1 aliphatic rings. The first-order valence-electron chi connectivity index (χ1n) is 7.70. The Bertz CT molecular complexity index is 388. The van der Waals surface area contributed by atoms with Crippen LogP contribution in [0.1, 0.15) is 36.4 Å². The van der Waals surface area contributed by atoms with Crippen molar-refractivity contribution in [2.75, 3.05) is 26.8 Å². The molecule has 1 aliphatic carbocycles. The summed E-state index contributed by atoms with van der Waals surface area (Å²) >= 11 is 1.95. The van der Waals surface area contributed by atoms with Crippen LogP contribution in [0.3, 0.4) is 0 Å². The molecule has 0 atom stereocenters. The SMILES string of the molecule is COCCN(Cc1ccc(CNCC(C)C)s1)C1CC1. The molecule has 0 bridgehead atoms. The number of thiophene rings is 1. The zero-order valence-corrected chi connectivity index (χ0v) is 13.8. The Kier molecular flexibility index (Phi) is 6.49. The molecule has 0 amide bonds. The van der Waals surface area contributed by atoms with Crippen LogP contribution < -0.4 is 5.32 Å². The summed E-state index contributed by atoms with van der Waals surface area (Å²) in [5.74, 6) is 0.717. The first-order valence-corrected chi connectivity index (χ1v) is 8.52. The van der Waals surface area contributed by atoms with Gasteiger partial charge in [-0.25, -0.2) is 0 Å². The average Bonchev–Trinajstić information content (AvgIpc) is 3.16. The molecule has 0 unspecified atom stereocenters. The molecule has 1 aromatic rings. The van der Waals surface area contributed by atoms with Gasteiger partial charge in [0.15, 0.2) is 0 Å². The van der Waals surface area contributed by atoms with Gasteiger partial charge in [0, 0.05) is 42.5 Å². The van der Waals surface area contributed by atoms with Gasteiger partial charge in [-0.3, -0.25) is 4.90 Å².